The van der Waals surface area contributed by atoms with Gasteiger partial charge in [-0.25, -0.2) is 4.99 Å². The van der Waals surface area contributed by atoms with Crippen molar-refractivity contribution < 1.29 is 4.74 Å². The topological polar surface area (TPSA) is 54.7 Å². The lowest BCUT2D eigenvalue weighted by atomic mass is 9.96. The Bertz CT molecular complexity index is 722. The third kappa shape index (κ3) is 6.09. The molecule has 0 unspecified atom stereocenters. The molecule has 0 spiro atoms. The number of hydrogen-bond donors (Lipinski definition) is 1. The van der Waals surface area contributed by atoms with Crippen LogP contribution >= 0.6 is 0 Å². The average molecular weight is 384 g/mol. The van der Waals surface area contributed by atoms with Crippen molar-refractivity contribution in [1.29, 1.82) is 0 Å². The van der Waals surface area contributed by atoms with E-state index in [-0.39, 0.29) is 0 Å². The molecular weight excluding hydrogens is 350 g/mol. The Labute approximate surface area is 168 Å². The quantitative estimate of drug-likeness (QED) is 0.562. The van der Waals surface area contributed by atoms with Gasteiger partial charge in [-0.1, -0.05) is 24.3 Å². The van der Waals surface area contributed by atoms with Crippen molar-refractivity contribution >= 4 is 5.96 Å². The smallest absolute Gasteiger partial charge is 0.193 e. The van der Waals surface area contributed by atoms with E-state index in [1.165, 1.54) is 30.4 Å². The lowest BCUT2D eigenvalue weighted by Crippen LogP contribution is -2.40. The highest BCUT2D eigenvalue weighted by Crippen LogP contribution is 2.18. The van der Waals surface area contributed by atoms with Gasteiger partial charge in [-0.05, 0) is 49.3 Å². The van der Waals surface area contributed by atoms with E-state index < -0.39 is 0 Å². The van der Waals surface area contributed by atoms with E-state index in [1.807, 2.05) is 23.1 Å². The van der Waals surface area contributed by atoms with Crippen LogP contribution in [0, 0.1) is 5.92 Å². The van der Waals surface area contributed by atoms with Gasteiger partial charge in [-0.3, -0.25) is 4.68 Å². The third-order valence-corrected chi connectivity index (χ3v) is 5.32. The minimum Gasteiger partial charge on any atom is -0.381 e. The van der Waals surface area contributed by atoms with Crippen LogP contribution in [0.25, 0.3) is 0 Å². The summed E-state index contributed by atoms with van der Waals surface area (Å²) >= 11 is 0. The summed E-state index contributed by atoms with van der Waals surface area (Å²) in [6.45, 7) is 7.27. The maximum atomic E-state index is 5.47. The molecule has 2 heterocycles. The molecule has 6 nitrogen and oxygen atoms in total. The molecule has 0 radical (unpaired) electrons. The van der Waals surface area contributed by atoms with Gasteiger partial charge in [0, 0.05) is 45.7 Å². The molecule has 0 amide bonds. The number of nitrogens with zero attached hydrogens (tertiary/aromatic N) is 4. The highest BCUT2D eigenvalue weighted by Gasteiger charge is 2.15. The zero-order chi connectivity index (χ0) is 19.6. The van der Waals surface area contributed by atoms with Gasteiger partial charge < -0.3 is 15.0 Å². The Morgan fingerprint density at radius 2 is 2.04 bits per heavy atom. The van der Waals surface area contributed by atoms with Gasteiger partial charge >= 0.3 is 0 Å². The molecule has 0 bridgehead atoms. The van der Waals surface area contributed by atoms with Crippen molar-refractivity contribution in [2.75, 3.05) is 33.4 Å². The predicted molar refractivity (Wildman–Crippen MR) is 113 cm³/mol. The van der Waals surface area contributed by atoms with E-state index >= 15 is 0 Å². The zero-order valence-corrected chi connectivity index (χ0v) is 17.2. The van der Waals surface area contributed by atoms with E-state index in [0.29, 0.717) is 6.54 Å². The number of aromatic nitrogens is 2. The molecule has 6 heteroatoms. The van der Waals surface area contributed by atoms with Crippen LogP contribution < -0.4 is 5.32 Å². The zero-order valence-electron chi connectivity index (χ0n) is 17.2. The molecule has 2 aromatic rings. The van der Waals surface area contributed by atoms with Crippen LogP contribution in [0.1, 0.15) is 37.3 Å². The highest BCUT2D eigenvalue weighted by molar-refractivity contribution is 5.79. The maximum absolute atomic E-state index is 5.47. The van der Waals surface area contributed by atoms with Crippen molar-refractivity contribution in [3.05, 3.63) is 53.9 Å². The number of ether oxygens (including phenoxy) is 1. The normalized spacial score (nSPS) is 15.6. The van der Waals surface area contributed by atoms with Crippen molar-refractivity contribution in [1.82, 2.24) is 20.0 Å². The first-order chi connectivity index (χ1) is 13.8. The van der Waals surface area contributed by atoms with Crippen LogP contribution in [0.2, 0.25) is 0 Å². The van der Waals surface area contributed by atoms with Gasteiger partial charge in [0.05, 0.1) is 13.1 Å². The number of hydrogen-bond acceptors (Lipinski definition) is 3. The van der Waals surface area contributed by atoms with Gasteiger partial charge in [-0.2, -0.15) is 5.10 Å². The van der Waals surface area contributed by atoms with Crippen molar-refractivity contribution in [2.24, 2.45) is 10.9 Å². The Kier molecular flexibility index (Phi) is 7.91. The number of benzene rings is 1. The predicted octanol–water partition coefficient (Wildman–Crippen LogP) is 3.15. The van der Waals surface area contributed by atoms with Gasteiger partial charge in [0.2, 0.25) is 0 Å². The molecule has 1 aromatic carbocycles. The third-order valence-electron chi connectivity index (χ3n) is 5.32. The minimum atomic E-state index is 0.668. The Hall–Kier alpha value is -2.34. The lowest BCUT2D eigenvalue weighted by Gasteiger charge is -2.27. The van der Waals surface area contributed by atoms with E-state index in [9.17, 15) is 0 Å². The second-order valence-electron chi connectivity index (χ2n) is 7.41. The monoisotopic (exact) mass is 383 g/mol. The second kappa shape index (κ2) is 10.9. The fourth-order valence-electron chi connectivity index (χ4n) is 3.58. The van der Waals surface area contributed by atoms with Crippen LogP contribution in [0.5, 0.6) is 0 Å². The highest BCUT2D eigenvalue weighted by atomic mass is 16.5. The summed E-state index contributed by atoms with van der Waals surface area (Å²) in [5.41, 5.74) is 2.50. The van der Waals surface area contributed by atoms with Gasteiger partial charge in [0.15, 0.2) is 5.96 Å². The summed E-state index contributed by atoms with van der Waals surface area (Å²) in [5, 5.41) is 7.76. The van der Waals surface area contributed by atoms with Gasteiger partial charge in [0.1, 0.15) is 0 Å². The summed E-state index contributed by atoms with van der Waals surface area (Å²) in [6.07, 6.45) is 7.37. The molecule has 3 rings (SSSR count). The first-order valence-corrected chi connectivity index (χ1v) is 10.4. The molecule has 1 N–H and O–H groups in total. The molecule has 28 heavy (non-hydrogen) atoms. The van der Waals surface area contributed by atoms with Gasteiger partial charge in [-0.15, -0.1) is 0 Å². The standard InChI is InChI=1S/C22H33N5O/c1-3-23-22(26(2)14-9-19-10-15-28-16-11-19)24-17-20-7-4-5-8-21(20)18-27-13-6-12-25-27/h4-8,12-13,19H,3,9-11,14-18H2,1-2H3,(H,23,24). The summed E-state index contributed by atoms with van der Waals surface area (Å²) in [6, 6.07) is 10.4. The largest absolute Gasteiger partial charge is 0.381 e. The molecule has 1 saturated heterocycles. The first-order valence-electron chi connectivity index (χ1n) is 10.4. The molecule has 0 aliphatic carbocycles. The lowest BCUT2D eigenvalue weighted by molar-refractivity contribution is 0.0625. The molecule has 1 aliphatic heterocycles. The first kappa shape index (κ1) is 20.4. The molecule has 0 saturated carbocycles. The molecule has 1 aromatic heterocycles. The van der Waals surface area contributed by atoms with Crippen LogP contribution in [-0.4, -0.2) is 54.0 Å². The van der Waals surface area contributed by atoms with Crippen molar-refractivity contribution in [3.63, 3.8) is 0 Å². The van der Waals surface area contributed by atoms with Crippen molar-refractivity contribution in [3.8, 4) is 0 Å². The van der Waals surface area contributed by atoms with E-state index in [0.717, 1.165) is 44.7 Å². The average Bonchev–Trinajstić information content (AvgIpc) is 3.24. The summed E-state index contributed by atoms with van der Waals surface area (Å²) in [5.74, 6) is 1.75. The van der Waals surface area contributed by atoms with Crippen LogP contribution in [0.4, 0.5) is 0 Å². The Balaban J connectivity index is 1.62. The summed E-state index contributed by atoms with van der Waals surface area (Å²) in [7, 11) is 2.14. The number of guanidine groups is 1. The van der Waals surface area contributed by atoms with Crippen LogP contribution in [0.3, 0.4) is 0 Å². The summed E-state index contributed by atoms with van der Waals surface area (Å²) in [4.78, 5) is 7.17. The fraction of sp³-hybridized carbons (Fsp3) is 0.545. The molecule has 1 fully saturated rings. The Morgan fingerprint density at radius 3 is 2.75 bits per heavy atom. The molecular formula is C22H33N5O. The van der Waals surface area contributed by atoms with E-state index in [1.54, 1.807) is 0 Å². The minimum absolute atomic E-state index is 0.668. The molecule has 1 aliphatic rings. The van der Waals surface area contributed by atoms with Crippen LogP contribution in [0.15, 0.2) is 47.7 Å². The number of aliphatic imine (C=N–C) groups is 1. The van der Waals surface area contributed by atoms with E-state index in [2.05, 4.69) is 53.6 Å². The van der Waals surface area contributed by atoms with Crippen molar-refractivity contribution in [2.45, 2.75) is 39.3 Å². The summed E-state index contributed by atoms with van der Waals surface area (Å²) < 4.78 is 7.42. The van der Waals surface area contributed by atoms with Gasteiger partial charge in [0.25, 0.3) is 0 Å². The Morgan fingerprint density at radius 1 is 1.25 bits per heavy atom. The fourth-order valence-corrected chi connectivity index (χ4v) is 3.58. The number of nitrogens with one attached hydrogen (secondary N) is 1. The number of rotatable bonds is 8. The second-order valence-corrected chi connectivity index (χ2v) is 7.41. The maximum Gasteiger partial charge on any atom is 0.193 e. The molecule has 0 atom stereocenters. The molecule has 152 valence electrons. The SMILES string of the molecule is CCNC(=NCc1ccccc1Cn1cccn1)N(C)CCC1CCOCC1. The van der Waals surface area contributed by atoms with E-state index in [4.69, 9.17) is 9.73 Å². The van der Waals surface area contributed by atoms with Crippen LogP contribution in [-0.2, 0) is 17.8 Å².